The molecule has 30 heavy (non-hydrogen) atoms. The molecule has 4 rings (SSSR count). The van der Waals surface area contributed by atoms with Gasteiger partial charge >= 0.3 is 0 Å². The summed E-state index contributed by atoms with van der Waals surface area (Å²) in [4.78, 5) is 16.9. The third-order valence-electron chi connectivity index (χ3n) is 4.98. The number of carbonyl (C=O) groups is 1. The van der Waals surface area contributed by atoms with Crippen LogP contribution in [0.3, 0.4) is 0 Å². The monoisotopic (exact) mass is 448 g/mol. The van der Waals surface area contributed by atoms with E-state index in [4.69, 9.17) is 32.4 Å². The van der Waals surface area contributed by atoms with Crippen molar-refractivity contribution in [3.05, 3.63) is 69.9 Å². The van der Waals surface area contributed by atoms with Crippen LogP contribution in [0.5, 0.6) is 5.75 Å². The van der Waals surface area contributed by atoms with Crippen LogP contribution < -0.4 is 4.74 Å². The summed E-state index contributed by atoms with van der Waals surface area (Å²) in [6.07, 6.45) is 3.89. The van der Waals surface area contributed by atoms with E-state index in [1.54, 1.807) is 35.0 Å². The Kier molecular flexibility index (Phi) is 6.32. The van der Waals surface area contributed by atoms with Gasteiger partial charge in [0.05, 0.1) is 11.2 Å². The normalized spacial score (nSPS) is 14.8. The SMILES string of the molecule is Cn1cc(CN2CCN(C(=O)c3ccc(COc4cccc(Cl)c4Cl)o3)CC2)cn1. The Morgan fingerprint density at radius 3 is 2.70 bits per heavy atom. The number of furan rings is 1. The van der Waals surface area contributed by atoms with Crippen LogP contribution in [0.1, 0.15) is 21.9 Å². The van der Waals surface area contributed by atoms with Crippen molar-refractivity contribution >= 4 is 29.1 Å². The number of benzene rings is 1. The smallest absolute Gasteiger partial charge is 0.289 e. The molecule has 0 atom stereocenters. The number of amides is 1. The first-order chi connectivity index (χ1) is 14.5. The summed E-state index contributed by atoms with van der Waals surface area (Å²) in [7, 11) is 1.91. The van der Waals surface area contributed by atoms with Gasteiger partial charge in [-0.2, -0.15) is 5.10 Å². The summed E-state index contributed by atoms with van der Waals surface area (Å²) in [5, 5.41) is 4.98. The lowest BCUT2D eigenvalue weighted by Crippen LogP contribution is -2.48. The summed E-state index contributed by atoms with van der Waals surface area (Å²) < 4.78 is 13.2. The van der Waals surface area contributed by atoms with Crippen LogP contribution in [0, 0.1) is 0 Å². The minimum Gasteiger partial charge on any atom is -0.484 e. The fraction of sp³-hybridized carbons (Fsp3) is 0.333. The maximum Gasteiger partial charge on any atom is 0.289 e. The highest BCUT2D eigenvalue weighted by molar-refractivity contribution is 6.42. The van der Waals surface area contributed by atoms with E-state index in [0.717, 1.165) is 19.6 Å². The molecule has 1 amide bonds. The second kappa shape index (κ2) is 9.12. The first kappa shape index (κ1) is 20.8. The molecule has 0 spiro atoms. The van der Waals surface area contributed by atoms with Gasteiger partial charge < -0.3 is 14.1 Å². The molecule has 3 heterocycles. The van der Waals surface area contributed by atoms with E-state index in [1.807, 2.05) is 24.3 Å². The molecule has 7 nitrogen and oxygen atoms in total. The Hall–Kier alpha value is -2.48. The van der Waals surface area contributed by atoms with Gasteiger partial charge in [0.1, 0.15) is 23.1 Å². The molecule has 1 aliphatic rings. The number of carbonyl (C=O) groups excluding carboxylic acids is 1. The molecule has 0 saturated carbocycles. The van der Waals surface area contributed by atoms with Crippen molar-refractivity contribution < 1.29 is 13.9 Å². The number of rotatable bonds is 6. The second-order valence-corrected chi connectivity index (χ2v) is 7.98. The van der Waals surface area contributed by atoms with Gasteiger partial charge in [0.15, 0.2) is 5.76 Å². The fourth-order valence-electron chi connectivity index (χ4n) is 3.39. The first-order valence-electron chi connectivity index (χ1n) is 9.64. The van der Waals surface area contributed by atoms with Crippen molar-refractivity contribution in [3.8, 4) is 5.75 Å². The number of nitrogens with zero attached hydrogens (tertiary/aromatic N) is 4. The minimum atomic E-state index is -0.108. The predicted octanol–water partition coefficient (Wildman–Crippen LogP) is 3.86. The highest BCUT2D eigenvalue weighted by atomic mass is 35.5. The molecule has 2 aromatic heterocycles. The molecule has 0 aliphatic carbocycles. The Morgan fingerprint density at radius 2 is 1.97 bits per heavy atom. The number of hydrogen-bond donors (Lipinski definition) is 0. The van der Waals surface area contributed by atoms with E-state index in [-0.39, 0.29) is 12.5 Å². The maximum atomic E-state index is 12.8. The topological polar surface area (TPSA) is 63.7 Å². The lowest BCUT2D eigenvalue weighted by molar-refractivity contribution is 0.0594. The number of piperazine rings is 1. The van der Waals surface area contributed by atoms with Crippen LogP contribution in [0.2, 0.25) is 10.0 Å². The molecule has 0 radical (unpaired) electrons. The van der Waals surface area contributed by atoms with Crippen LogP contribution in [0.15, 0.2) is 47.1 Å². The summed E-state index contributed by atoms with van der Waals surface area (Å²) in [6.45, 7) is 3.93. The van der Waals surface area contributed by atoms with Gasteiger partial charge in [-0.1, -0.05) is 29.3 Å². The quantitative estimate of drug-likeness (QED) is 0.572. The maximum absolute atomic E-state index is 12.8. The van der Waals surface area contributed by atoms with Gasteiger partial charge in [-0.15, -0.1) is 0 Å². The Morgan fingerprint density at radius 1 is 1.17 bits per heavy atom. The van der Waals surface area contributed by atoms with E-state index in [1.165, 1.54) is 5.56 Å². The Labute approximate surface area is 184 Å². The van der Waals surface area contributed by atoms with Crippen LogP contribution in [-0.2, 0) is 20.2 Å². The zero-order valence-electron chi connectivity index (χ0n) is 16.6. The Bertz CT molecular complexity index is 1020. The molecule has 0 bridgehead atoms. The molecule has 1 fully saturated rings. The highest BCUT2D eigenvalue weighted by Gasteiger charge is 2.24. The van der Waals surface area contributed by atoms with Crippen molar-refractivity contribution in [2.45, 2.75) is 13.2 Å². The summed E-state index contributed by atoms with van der Waals surface area (Å²) in [5.41, 5.74) is 1.17. The molecule has 0 N–H and O–H groups in total. The van der Waals surface area contributed by atoms with Crippen molar-refractivity contribution in [2.24, 2.45) is 7.05 Å². The molecule has 9 heteroatoms. The summed E-state index contributed by atoms with van der Waals surface area (Å²) >= 11 is 12.1. The molecule has 3 aromatic rings. The largest absolute Gasteiger partial charge is 0.484 e. The van der Waals surface area contributed by atoms with Gasteiger partial charge in [0.2, 0.25) is 0 Å². The minimum absolute atomic E-state index is 0.108. The van der Waals surface area contributed by atoms with Crippen molar-refractivity contribution in [1.29, 1.82) is 0 Å². The fourth-order valence-corrected chi connectivity index (χ4v) is 3.74. The molecule has 158 valence electrons. The highest BCUT2D eigenvalue weighted by Crippen LogP contribution is 2.32. The van der Waals surface area contributed by atoms with Crippen molar-refractivity contribution in [3.63, 3.8) is 0 Å². The molecule has 1 aromatic carbocycles. The van der Waals surface area contributed by atoms with Crippen LogP contribution >= 0.6 is 23.2 Å². The zero-order valence-corrected chi connectivity index (χ0v) is 18.1. The van der Waals surface area contributed by atoms with E-state index in [2.05, 4.69) is 10.00 Å². The second-order valence-electron chi connectivity index (χ2n) is 7.20. The van der Waals surface area contributed by atoms with E-state index in [0.29, 0.717) is 40.4 Å². The molecule has 0 unspecified atom stereocenters. The number of aromatic nitrogens is 2. The standard InChI is InChI=1S/C21H22Cl2N4O3/c1-25-12-15(11-24-25)13-26-7-9-27(10-8-26)21(28)19-6-5-16(30-19)14-29-18-4-2-3-17(22)20(18)23/h2-6,11-12H,7-10,13-14H2,1H3. The van der Waals surface area contributed by atoms with E-state index < -0.39 is 0 Å². The van der Waals surface area contributed by atoms with Gasteiger partial charge in [0.25, 0.3) is 5.91 Å². The van der Waals surface area contributed by atoms with Gasteiger partial charge in [-0.05, 0) is 24.3 Å². The van der Waals surface area contributed by atoms with E-state index >= 15 is 0 Å². The molecular formula is C21H22Cl2N4O3. The van der Waals surface area contributed by atoms with Crippen LogP contribution in [-0.4, -0.2) is 51.7 Å². The average Bonchev–Trinajstić information content (AvgIpc) is 3.38. The third-order valence-corrected chi connectivity index (χ3v) is 5.78. The lowest BCUT2D eigenvalue weighted by atomic mass is 10.2. The number of hydrogen-bond acceptors (Lipinski definition) is 5. The summed E-state index contributed by atoms with van der Waals surface area (Å²) in [5.74, 6) is 1.22. The number of ether oxygens (including phenoxy) is 1. The third kappa shape index (κ3) is 4.80. The van der Waals surface area contributed by atoms with Gasteiger partial charge in [-0.3, -0.25) is 14.4 Å². The molecule has 1 saturated heterocycles. The average molecular weight is 449 g/mol. The summed E-state index contributed by atoms with van der Waals surface area (Å²) in [6, 6.07) is 8.60. The lowest BCUT2D eigenvalue weighted by Gasteiger charge is -2.34. The van der Waals surface area contributed by atoms with Crippen LogP contribution in [0.25, 0.3) is 0 Å². The van der Waals surface area contributed by atoms with Crippen molar-refractivity contribution in [1.82, 2.24) is 19.6 Å². The van der Waals surface area contributed by atoms with E-state index in [9.17, 15) is 4.79 Å². The van der Waals surface area contributed by atoms with Crippen molar-refractivity contribution in [2.75, 3.05) is 26.2 Å². The molecular weight excluding hydrogens is 427 g/mol. The van der Waals surface area contributed by atoms with Gasteiger partial charge in [-0.25, -0.2) is 0 Å². The van der Waals surface area contributed by atoms with Gasteiger partial charge in [0, 0.05) is 51.5 Å². The number of halogens is 2. The Balaban J connectivity index is 1.29. The van der Waals surface area contributed by atoms with Crippen LogP contribution in [0.4, 0.5) is 0 Å². The first-order valence-corrected chi connectivity index (χ1v) is 10.4. The number of aryl methyl sites for hydroxylation is 1. The molecule has 1 aliphatic heterocycles. The zero-order chi connectivity index (χ0) is 21.1. The predicted molar refractivity (Wildman–Crippen MR) is 114 cm³/mol.